The average Bonchev–Trinajstić information content (AvgIpc) is 2.63. The predicted molar refractivity (Wildman–Crippen MR) is 98.1 cm³/mol. The molecular weight excluding hydrogens is 333 g/mol. The number of aryl methyl sites for hydroxylation is 1. The van der Waals surface area contributed by atoms with Gasteiger partial charge in [0.2, 0.25) is 0 Å². The zero-order chi connectivity index (χ0) is 18.7. The Morgan fingerprint density at radius 2 is 1.85 bits per heavy atom. The summed E-state index contributed by atoms with van der Waals surface area (Å²) in [5.41, 5.74) is 3.13. The molecule has 132 valence electrons. The summed E-state index contributed by atoms with van der Waals surface area (Å²) in [6, 6.07) is 14.3. The number of carbonyl (C=O) groups is 1. The molecular formula is C21H18FNO3. The van der Waals surface area contributed by atoms with Crippen molar-refractivity contribution in [3.63, 3.8) is 0 Å². The van der Waals surface area contributed by atoms with Crippen LogP contribution in [0.2, 0.25) is 0 Å². The largest absolute Gasteiger partial charge is 0.462 e. The van der Waals surface area contributed by atoms with Crippen molar-refractivity contribution in [2.24, 2.45) is 0 Å². The van der Waals surface area contributed by atoms with Crippen LogP contribution < -0.4 is 5.56 Å². The molecule has 0 aliphatic heterocycles. The third kappa shape index (κ3) is 3.57. The second-order valence-corrected chi connectivity index (χ2v) is 5.86. The fourth-order valence-electron chi connectivity index (χ4n) is 2.76. The number of ether oxygens (including phenoxy) is 1. The number of esters is 1. The number of carbonyl (C=O) groups excluding carboxylic acids is 1. The lowest BCUT2D eigenvalue weighted by atomic mass is 10.0. The normalized spacial score (nSPS) is 10.6. The Kier molecular flexibility index (Phi) is 4.98. The molecule has 0 N–H and O–H groups in total. The lowest BCUT2D eigenvalue weighted by molar-refractivity contribution is 0.0526. The fraction of sp³-hybridized carbons (Fsp3) is 0.143. The van der Waals surface area contributed by atoms with Crippen molar-refractivity contribution in [2.75, 3.05) is 6.61 Å². The molecule has 0 saturated carbocycles. The molecule has 0 aliphatic rings. The number of pyridine rings is 1. The molecule has 3 rings (SSSR count). The van der Waals surface area contributed by atoms with Gasteiger partial charge in [0, 0.05) is 23.5 Å². The van der Waals surface area contributed by atoms with E-state index in [9.17, 15) is 14.0 Å². The van der Waals surface area contributed by atoms with E-state index in [0.717, 1.165) is 16.7 Å². The molecule has 4 nitrogen and oxygen atoms in total. The van der Waals surface area contributed by atoms with E-state index in [0.29, 0.717) is 11.3 Å². The first kappa shape index (κ1) is 17.6. The maximum absolute atomic E-state index is 13.2. The molecule has 0 amide bonds. The van der Waals surface area contributed by atoms with Gasteiger partial charge in [0.15, 0.2) is 0 Å². The maximum atomic E-state index is 13.2. The molecule has 2 aromatic carbocycles. The van der Waals surface area contributed by atoms with E-state index in [4.69, 9.17) is 4.74 Å². The first-order valence-corrected chi connectivity index (χ1v) is 8.26. The molecule has 0 fully saturated rings. The van der Waals surface area contributed by atoms with E-state index in [1.165, 1.54) is 22.8 Å². The Morgan fingerprint density at radius 3 is 2.54 bits per heavy atom. The number of hydrogen-bond donors (Lipinski definition) is 0. The SMILES string of the molecule is CCOC(=O)c1cccc(-n2cc(-c3ccc(F)cc3)c(C)cc2=O)c1. The van der Waals surface area contributed by atoms with Crippen molar-refractivity contribution in [3.8, 4) is 16.8 Å². The summed E-state index contributed by atoms with van der Waals surface area (Å²) < 4.78 is 19.7. The Morgan fingerprint density at radius 1 is 1.12 bits per heavy atom. The lowest BCUT2D eigenvalue weighted by Gasteiger charge is -2.12. The van der Waals surface area contributed by atoms with Crippen molar-refractivity contribution in [3.05, 3.63) is 88.1 Å². The van der Waals surface area contributed by atoms with Crippen LogP contribution >= 0.6 is 0 Å². The Hall–Kier alpha value is -3.21. The van der Waals surface area contributed by atoms with Crippen LogP contribution in [-0.2, 0) is 4.74 Å². The van der Waals surface area contributed by atoms with Gasteiger partial charge in [-0.1, -0.05) is 18.2 Å². The molecule has 0 spiro atoms. The summed E-state index contributed by atoms with van der Waals surface area (Å²) >= 11 is 0. The highest BCUT2D eigenvalue weighted by molar-refractivity contribution is 5.90. The molecule has 0 unspecified atom stereocenters. The zero-order valence-electron chi connectivity index (χ0n) is 14.5. The number of halogens is 1. The summed E-state index contributed by atoms with van der Waals surface area (Å²) in [5, 5.41) is 0. The fourth-order valence-corrected chi connectivity index (χ4v) is 2.76. The van der Waals surface area contributed by atoms with E-state index in [-0.39, 0.29) is 18.0 Å². The van der Waals surface area contributed by atoms with Gasteiger partial charge in [-0.15, -0.1) is 0 Å². The van der Waals surface area contributed by atoms with Gasteiger partial charge in [0.1, 0.15) is 5.82 Å². The van der Waals surface area contributed by atoms with Crippen LogP contribution in [0.15, 0.2) is 65.6 Å². The number of hydrogen-bond acceptors (Lipinski definition) is 3. The first-order valence-electron chi connectivity index (χ1n) is 8.26. The van der Waals surface area contributed by atoms with Crippen LogP contribution in [0.5, 0.6) is 0 Å². The first-order chi connectivity index (χ1) is 12.5. The van der Waals surface area contributed by atoms with Crippen molar-refractivity contribution in [1.82, 2.24) is 4.57 Å². The average molecular weight is 351 g/mol. The Labute approximate surface area is 150 Å². The lowest BCUT2D eigenvalue weighted by Crippen LogP contribution is -2.18. The van der Waals surface area contributed by atoms with Gasteiger partial charge in [0.25, 0.3) is 5.56 Å². The highest BCUT2D eigenvalue weighted by atomic mass is 19.1. The molecule has 0 bridgehead atoms. The van der Waals surface area contributed by atoms with Crippen LogP contribution in [0, 0.1) is 12.7 Å². The predicted octanol–water partition coefficient (Wildman–Crippen LogP) is 4.13. The molecule has 0 saturated heterocycles. The van der Waals surface area contributed by atoms with Gasteiger partial charge in [-0.3, -0.25) is 9.36 Å². The molecule has 1 aromatic heterocycles. The van der Waals surface area contributed by atoms with Crippen LogP contribution in [-0.4, -0.2) is 17.1 Å². The highest BCUT2D eigenvalue weighted by Crippen LogP contribution is 2.23. The summed E-state index contributed by atoms with van der Waals surface area (Å²) in [6.45, 7) is 3.85. The molecule has 26 heavy (non-hydrogen) atoms. The smallest absolute Gasteiger partial charge is 0.338 e. The van der Waals surface area contributed by atoms with Crippen molar-refractivity contribution < 1.29 is 13.9 Å². The van der Waals surface area contributed by atoms with Gasteiger partial charge in [-0.05, 0) is 55.3 Å². The van der Waals surface area contributed by atoms with Crippen LogP contribution in [0.3, 0.4) is 0 Å². The number of nitrogens with zero attached hydrogens (tertiary/aromatic N) is 1. The summed E-state index contributed by atoms with van der Waals surface area (Å²) in [6.07, 6.45) is 1.70. The molecule has 0 radical (unpaired) electrons. The van der Waals surface area contributed by atoms with Crippen molar-refractivity contribution in [2.45, 2.75) is 13.8 Å². The van der Waals surface area contributed by atoms with Crippen LogP contribution in [0.4, 0.5) is 4.39 Å². The third-order valence-corrected chi connectivity index (χ3v) is 4.05. The number of aromatic nitrogens is 1. The van der Waals surface area contributed by atoms with Gasteiger partial charge in [0.05, 0.1) is 12.2 Å². The summed E-state index contributed by atoms with van der Waals surface area (Å²) in [7, 11) is 0. The Balaban J connectivity index is 2.10. The standard InChI is InChI=1S/C21H18FNO3/c1-3-26-21(25)16-5-4-6-18(12-16)23-13-19(14(2)11-20(23)24)15-7-9-17(22)10-8-15/h4-13H,3H2,1-2H3. The molecule has 5 heteroatoms. The number of benzene rings is 2. The van der Waals surface area contributed by atoms with Crippen molar-refractivity contribution >= 4 is 5.97 Å². The monoisotopic (exact) mass is 351 g/mol. The minimum Gasteiger partial charge on any atom is -0.462 e. The molecule has 1 heterocycles. The highest BCUT2D eigenvalue weighted by Gasteiger charge is 2.11. The Bertz CT molecular complexity index is 1010. The van der Waals surface area contributed by atoms with E-state index in [1.807, 2.05) is 6.92 Å². The van der Waals surface area contributed by atoms with Gasteiger partial charge >= 0.3 is 5.97 Å². The molecule has 0 atom stereocenters. The zero-order valence-corrected chi connectivity index (χ0v) is 14.5. The minimum atomic E-state index is -0.437. The van der Waals surface area contributed by atoms with E-state index in [1.54, 1.807) is 49.5 Å². The second kappa shape index (κ2) is 7.35. The minimum absolute atomic E-state index is 0.214. The summed E-state index contributed by atoms with van der Waals surface area (Å²) in [5.74, 6) is -0.755. The quantitative estimate of drug-likeness (QED) is 0.664. The topological polar surface area (TPSA) is 48.3 Å². The van der Waals surface area contributed by atoms with E-state index < -0.39 is 5.97 Å². The van der Waals surface area contributed by atoms with Gasteiger partial charge < -0.3 is 4.74 Å². The van der Waals surface area contributed by atoms with E-state index >= 15 is 0 Å². The molecule has 0 aliphatic carbocycles. The molecule has 3 aromatic rings. The maximum Gasteiger partial charge on any atom is 0.338 e. The summed E-state index contributed by atoms with van der Waals surface area (Å²) in [4.78, 5) is 24.4. The van der Waals surface area contributed by atoms with Gasteiger partial charge in [-0.2, -0.15) is 0 Å². The van der Waals surface area contributed by atoms with Crippen LogP contribution in [0.1, 0.15) is 22.8 Å². The van der Waals surface area contributed by atoms with Gasteiger partial charge in [-0.25, -0.2) is 9.18 Å². The van der Waals surface area contributed by atoms with E-state index in [2.05, 4.69) is 0 Å². The van der Waals surface area contributed by atoms with Crippen molar-refractivity contribution in [1.29, 1.82) is 0 Å². The second-order valence-electron chi connectivity index (χ2n) is 5.86. The number of rotatable bonds is 4. The van der Waals surface area contributed by atoms with Crippen LogP contribution in [0.25, 0.3) is 16.8 Å². The third-order valence-electron chi connectivity index (χ3n) is 4.05.